The number of non-ortho nitro benzene ring substituents is 1. The van der Waals surface area contributed by atoms with Gasteiger partial charge in [0.1, 0.15) is 0 Å². The van der Waals surface area contributed by atoms with Crippen LogP contribution in [-0.2, 0) is 14.4 Å². The van der Waals surface area contributed by atoms with Crippen molar-refractivity contribution in [1.82, 2.24) is 0 Å². The molecule has 2 aliphatic carbocycles. The van der Waals surface area contributed by atoms with Crippen molar-refractivity contribution in [3.8, 4) is 0 Å². The highest BCUT2D eigenvalue weighted by Gasteiger charge is 2.66. The molecule has 1 N–H and O–H groups in total. The number of nitrogens with zero attached hydrogens (tertiary/aromatic N) is 1. The fraction of sp³-hybridized carbons (Fsp3) is 0.500. The molecule has 2 saturated carbocycles. The lowest BCUT2D eigenvalue weighted by molar-refractivity contribution is -0.384. The summed E-state index contributed by atoms with van der Waals surface area (Å²) >= 11 is 0. The number of Topliss-reactive ketones (excluding diaryl/α,β-unsaturated/α-hetero) is 2. The average Bonchev–Trinajstić information content (AvgIpc) is 2.71. The first kappa shape index (κ1) is 17.3. The summed E-state index contributed by atoms with van der Waals surface area (Å²) in [5.74, 6) is -2.90. The van der Waals surface area contributed by atoms with E-state index in [1.54, 1.807) is 0 Å². The molecule has 0 heterocycles. The Labute approximate surface area is 144 Å². The Balaban J connectivity index is 1.84. The van der Waals surface area contributed by atoms with Crippen LogP contribution in [0.25, 0.3) is 0 Å². The second-order valence-electron chi connectivity index (χ2n) is 7.64. The quantitative estimate of drug-likeness (QED) is 0.515. The number of nitro benzene ring substituents is 1. The fourth-order valence-electron chi connectivity index (χ4n) is 4.22. The standard InChI is InChI=1S/C18H20N2O5/c1-17(2)12-8-9-18(17,3)15(22)13(14(12)21)16(23)19-10-4-6-11(7-5-10)20(24)25/h4-7,12-13H,8-9H2,1-3H3,(H,19,23)/t12?,13?,18-/m1/s1. The van der Waals surface area contributed by atoms with Crippen molar-refractivity contribution in [3.63, 3.8) is 0 Å². The van der Waals surface area contributed by atoms with E-state index in [2.05, 4.69) is 5.32 Å². The van der Waals surface area contributed by atoms with E-state index in [9.17, 15) is 24.5 Å². The van der Waals surface area contributed by atoms with Crippen LogP contribution in [0.2, 0.25) is 0 Å². The van der Waals surface area contributed by atoms with Crippen molar-refractivity contribution >= 4 is 28.8 Å². The summed E-state index contributed by atoms with van der Waals surface area (Å²) in [7, 11) is 0. The number of anilines is 1. The van der Waals surface area contributed by atoms with Crippen LogP contribution in [0.1, 0.15) is 33.6 Å². The van der Waals surface area contributed by atoms with Gasteiger partial charge in [0.2, 0.25) is 5.91 Å². The zero-order valence-corrected chi connectivity index (χ0v) is 14.4. The van der Waals surface area contributed by atoms with Crippen LogP contribution in [0.15, 0.2) is 24.3 Å². The van der Waals surface area contributed by atoms with Crippen LogP contribution >= 0.6 is 0 Å². The molecule has 3 atom stereocenters. The molecule has 25 heavy (non-hydrogen) atoms. The average molecular weight is 344 g/mol. The number of carbonyl (C=O) groups is 3. The van der Waals surface area contributed by atoms with Gasteiger partial charge in [-0.1, -0.05) is 20.8 Å². The predicted molar refractivity (Wildman–Crippen MR) is 89.8 cm³/mol. The van der Waals surface area contributed by atoms with Gasteiger partial charge in [0.15, 0.2) is 17.5 Å². The smallest absolute Gasteiger partial charge is 0.269 e. The first-order valence-electron chi connectivity index (χ1n) is 8.23. The van der Waals surface area contributed by atoms with Gasteiger partial charge in [0, 0.05) is 29.2 Å². The Hall–Kier alpha value is -2.57. The van der Waals surface area contributed by atoms with Crippen molar-refractivity contribution in [2.24, 2.45) is 22.7 Å². The van der Waals surface area contributed by atoms with Crippen LogP contribution in [-0.4, -0.2) is 22.4 Å². The molecule has 132 valence electrons. The van der Waals surface area contributed by atoms with Gasteiger partial charge in [-0.25, -0.2) is 0 Å². The first-order chi connectivity index (χ1) is 11.6. The third-order valence-electron chi connectivity index (χ3n) is 6.27. The molecule has 1 amide bonds. The number of benzene rings is 1. The van der Waals surface area contributed by atoms with Gasteiger partial charge in [-0.3, -0.25) is 24.5 Å². The number of ketones is 2. The van der Waals surface area contributed by atoms with Crippen molar-refractivity contribution in [2.45, 2.75) is 33.6 Å². The molecule has 0 spiro atoms. The maximum absolute atomic E-state index is 12.9. The molecule has 2 fully saturated rings. The summed E-state index contributed by atoms with van der Waals surface area (Å²) in [6, 6.07) is 5.28. The van der Waals surface area contributed by atoms with E-state index < -0.39 is 27.6 Å². The third kappa shape index (κ3) is 2.37. The van der Waals surface area contributed by atoms with Crippen LogP contribution in [0.4, 0.5) is 11.4 Å². The number of carbonyl (C=O) groups excluding carboxylic acids is 3. The highest BCUT2D eigenvalue weighted by molar-refractivity contribution is 6.25. The second kappa shape index (κ2) is 5.47. The minimum atomic E-state index is -1.30. The van der Waals surface area contributed by atoms with E-state index in [1.165, 1.54) is 24.3 Å². The van der Waals surface area contributed by atoms with Crippen LogP contribution in [0, 0.1) is 32.8 Å². The summed E-state index contributed by atoms with van der Waals surface area (Å²) in [6.07, 6.45) is 1.23. The van der Waals surface area contributed by atoms with Crippen LogP contribution in [0.5, 0.6) is 0 Å². The van der Waals surface area contributed by atoms with Crippen molar-refractivity contribution in [1.29, 1.82) is 0 Å². The first-order valence-corrected chi connectivity index (χ1v) is 8.23. The number of nitrogens with one attached hydrogen (secondary N) is 1. The van der Waals surface area contributed by atoms with Crippen LogP contribution < -0.4 is 5.32 Å². The highest BCUT2D eigenvalue weighted by Crippen LogP contribution is 2.61. The lowest BCUT2D eigenvalue weighted by Crippen LogP contribution is -2.56. The lowest BCUT2D eigenvalue weighted by Gasteiger charge is -2.45. The molecular weight excluding hydrogens is 324 g/mol. The Morgan fingerprint density at radius 1 is 1.20 bits per heavy atom. The van der Waals surface area contributed by atoms with E-state index >= 15 is 0 Å². The fourth-order valence-corrected chi connectivity index (χ4v) is 4.22. The molecule has 1 aromatic carbocycles. The molecule has 3 rings (SSSR count). The Morgan fingerprint density at radius 2 is 1.80 bits per heavy atom. The SMILES string of the molecule is CC1(C)C2CC[C@]1(C)C(=O)C(C(=O)Nc1ccc([N+](=O)[O-])cc1)C2=O. The molecule has 0 radical (unpaired) electrons. The van der Waals surface area contributed by atoms with Gasteiger partial charge in [0.25, 0.3) is 5.69 Å². The highest BCUT2D eigenvalue weighted by atomic mass is 16.6. The lowest BCUT2D eigenvalue weighted by atomic mass is 9.55. The van der Waals surface area contributed by atoms with Gasteiger partial charge in [-0.2, -0.15) is 0 Å². The maximum Gasteiger partial charge on any atom is 0.269 e. The largest absolute Gasteiger partial charge is 0.325 e. The van der Waals surface area contributed by atoms with Gasteiger partial charge in [-0.15, -0.1) is 0 Å². The molecule has 2 bridgehead atoms. The molecule has 0 aromatic heterocycles. The number of nitro groups is 1. The summed E-state index contributed by atoms with van der Waals surface area (Å²) in [6.45, 7) is 5.68. The molecule has 7 heteroatoms. The zero-order valence-electron chi connectivity index (χ0n) is 14.4. The Morgan fingerprint density at radius 3 is 2.36 bits per heavy atom. The van der Waals surface area contributed by atoms with Gasteiger partial charge < -0.3 is 5.32 Å². The number of amides is 1. The maximum atomic E-state index is 12.9. The number of fused-ring (bicyclic) bond motifs is 2. The molecule has 2 unspecified atom stereocenters. The van der Waals surface area contributed by atoms with Crippen LogP contribution in [0.3, 0.4) is 0 Å². The summed E-state index contributed by atoms with van der Waals surface area (Å²) in [4.78, 5) is 48.4. The number of rotatable bonds is 3. The van der Waals surface area contributed by atoms with Crippen molar-refractivity contribution < 1.29 is 19.3 Å². The van der Waals surface area contributed by atoms with Gasteiger partial charge >= 0.3 is 0 Å². The second-order valence-corrected chi connectivity index (χ2v) is 7.64. The van der Waals surface area contributed by atoms with Crippen molar-refractivity contribution in [2.75, 3.05) is 5.32 Å². The van der Waals surface area contributed by atoms with Crippen molar-refractivity contribution in [3.05, 3.63) is 34.4 Å². The predicted octanol–water partition coefficient (Wildman–Crippen LogP) is 2.74. The summed E-state index contributed by atoms with van der Waals surface area (Å²) in [5, 5.41) is 13.2. The van der Waals surface area contributed by atoms with E-state index in [1.807, 2.05) is 20.8 Å². The topological polar surface area (TPSA) is 106 Å². The molecule has 0 aliphatic heterocycles. The minimum absolute atomic E-state index is 0.102. The molecule has 2 aliphatic rings. The van der Waals surface area contributed by atoms with E-state index in [0.29, 0.717) is 18.5 Å². The zero-order chi connectivity index (χ0) is 18.6. The molecule has 7 nitrogen and oxygen atoms in total. The monoisotopic (exact) mass is 344 g/mol. The molecule has 0 saturated heterocycles. The Kier molecular flexibility index (Phi) is 3.78. The van der Waals surface area contributed by atoms with Gasteiger partial charge in [-0.05, 0) is 30.4 Å². The van der Waals surface area contributed by atoms with Gasteiger partial charge in [0.05, 0.1) is 4.92 Å². The summed E-state index contributed by atoms with van der Waals surface area (Å²) in [5.41, 5.74) is -0.928. The van der Waals surface area contributed by atoms with E-state index in [0.717, 1.165) is 0 Å². The number of hydrogen-bond acceptors (Lipinski definition) is 5. The summed E-state index contributed by atoms with van der Waals surface area (Å²) < 4.78 is 0. The van der Waals surface area contributed by atoms with E-state index in [4.69, 9.17) is 0 Å². The van der Waals surface area contributed by atoms with E-state index in [-0.39, 0.29) is 23.2 Å². The third-order valence-corrected chi connectivity index (χ3v) is 6.27. The number of hydrogen-bond donors (Lipinski definition) is 1. The Bertz CT molecular complexity index is 783. The normalized spacial score (nSPS) is 30.2. The molecule has 1 aromatic rings. The molecular formula is C18H20N2O5. The minimum Gasteiger partial charge on any atom is -0.325 e.